The Labute approximate surface area is 143 Å². The van der Waals surface area contributed by atoms with Crippen LogP contribution >= 0.6 is 0 Å². The Kier molecular flexibility index (Phi) is 4.56. The molecule has 0 spiro atoms. The third kappa shape index (κ3) is 3.55. The van der Waals surface area contributed by atoms with Crippen LogP contribution in [0.1, 0.15) is 10.4 Å². The monoisotopic (exact) mass is 336 g/mol. The number of rotatable bonds is 4. The highest BCUT2D eigenvalue weighted by molar-refractivity contribution is 5.97. The Morgan fingerprint density at radius 3 is 2.72 bits per heavy atom. The molecule has 0 radical (unpaired) electrons. The van der Waals surface area contributed by atoms with Crippen LogP contribution in [0.15, 0.2) is 59.7 Å². The van der Waals surface area contributed by atoms with Gasteiger partial charge in [-0.1, -0.05) is 18.2 Å². The summed E-state index contributed by atoms with van der Waals surface area (Å²) in [4.78, 5) is 40.4. The lowest BCUT2D eigenvalue weighted by atomic mass is 10.2. The van der Waals surface area contributed by atoms with Crippen molar-refractivity contribution in [3.63, 3.8) is 0 Å². The second kappa shape index (κ2) is 6.96. The van der Waals surface area contributed by atoms with Crippen molar-refractivity contribution in [1.29, 1.82) is 0 Å². The van der Waals surface area contributed by atoms with Gasteiger partial charge in [-0.05, 0) is 30.3 Å². The van der Waals surface area contributed by atoms with E-state index in [-0.39, 0.29) is 23.9 Å². The average molecular weight is 336 g/mol. The van der Waals surface area contributed by atoms with E-state index in [1.165, 1.54) is 17.9 Å². The molecule has 0 atom stereocenters. The van der Waals surface area contributed by atoms with Crippen molar-refractivity contribution in [1.82, 2.24) is 14.9 Å². The number of amides is 2. The highest BCUT2D eigenvalue weighted by Gasteiger charge is 2.09. The number of anilines is 1. The molecule has 2 N–H and O–H groups in total. The average Bonchev–Trinajstić information content (AvgIpc) is 2.64. The summed E-state index contributed by atoms with van der Waals surface area (Å²) >= 11 is 0. The molecule has 25 heavy (non-hydrogen) atoms. The van der Waals surface area contributed by atoms with E-state index >= 15 is 0 Å². The SMILES string of the molecule is CNC(=O)c1cccc(NC(=O)Cn2cnc3ccccc3c2=O)c1. The van der Waals surface area contributed by atoms with Crippen LogP contribution < -0.4 is 16.2 Å². The van der Waals surface area contributed by atoms with Gasteiger partial charge < -0.3 is 10.6 Å². The molecule has 0 aliphatic rings. The molecule has 0 fully saturated rings. The zero-order valence-corrected chi connectivity index (χ0v) is 13.5. The van der Waals surface area contributed by atoms with Gasteiger partial charge in [-0.2, -0.15) is 0 Å². The Bertz CT molecular complexity index is 1010. The highest BCUT2D eigenvalue weighted by Crippen LogP contribution is 2.11. The fourth-order valence-corrected chi connectivity index (χ4v) is 2.46. The molecule has 0 saturated heterocycles. The summed E-state index contributed by atoms with van der Waals surface area (Å²) in [5.41, 5.74) is 1.22. The fourth-order valence-electron chi connectivity index (χ4n) is 2.46. The molecule has 0 aliphatic carbocycles. The van der Waals surface area contributed by atoms with Crippen LogP contribution in [0.2, 0.25) is 0 Å². The largest absolute Gasteiger partial charge is 0.355 e. The molecular weight excluding hydrogens is 320 g/mol. The summed E-state index contributed by atoms with van der Waals surface area (Å²) in [5, 5.41) is 5.66. The molecule has 0 saturated carbocycles. The van der Waals surface area contributed by atoms with Gasteiger partial charge in [0, 0.05) is 18.3 Å². The first kappa shape index (κ1) is 16.4. The summed E-state index contributed by atoms with van der Waals surface area (Å²) in [6.07, 6.45) is 1.35. The number of nitrogens with zero attached hydrogens (tertiary/aromatic N) is 2. The predicted molar refractivity (Wildman–Crippen MR) is 94.5 cm³/mol. The molecule has 3 rings (SSSR count). The maximum Gasteiger partial charge on any atom is 0.261 e. The lowest BCUT2D eigenvalue weighted by molar-refractivity contribution is -0.116. The topological polar surface area (TPSA) is 93.1 Å². The van der Waals surface area contributed by atoms with E-state index in [4.69, 9.17) is 0 Å². The van der Waals surface area contributed by atoms with Crippen LogP contribution in [0.3, 0.4) is 0 Å². The number of hydrogen-bond donors (Lipinski definition) is 2. The van der Waals surface area contributed by atoms with E-state index in [1.54, 1.807) is 48.5 Å². The van der Waals surface area contributed by atoms with E-state index in [1.807, 2.05) is 0 Å². The summed E-state index contributed by atoms with van der Waals surface area (Å²) in [6, 6.07) is 13.5. The van der Waals surface area contributed by atoms with Gasteiger partial charge in [0.05, 0.1) is 17.2 Å². The molecule has 0 bridgehead atoms. The summed E-state index contributed by atoms with van der Waals surface area (Å²) in [7, 11) is 1.53. The number of para-hydroxylation sites is 1. The van der Waals surface area contributed by atoms with E-state index < -0.39 is 0 Å². The molecule has 1 heterocycles. The Morgan fingerprint density at radius 2 is 1.92 bits per heavy atom. The summed E-state index contributed by atoms with van der Waals surface area (Å²) in [5.74, 6) is -0.626. The maximum atomic E-state index is 12.4. The van der Waals surface area contributed by atoms with Crippen LogP contribution in [0, 0.1) is 0 Å². The van der Waals surface area contributed by atoms with Crippen LogP contribution in [-0.2, 0) is 11.3 Å². The standard InChI is InChI=1S/C18H16N4O3/c1-19-17(24)12-5-4-6-13(9-12)21-16(23)10-22-11-20-15-8-3-2-7-14(15)18(22)25/h2-9,11H,10H2,1H3,(H,19,24)(H,21,23). The van der Waals surface area contributed by atoms with Gasteiger partial charge in [-0.3, -0.25) is 19.0 Å². The lowest BCUT2D eigenvalue weighted by Gasteiger charge is -2.09. The van der Waals surface area contributed by atoms with Crippen molar-refractivity contribution >= 4 is 28.4 Å². The molecule has 0 aliphatic heterocycles. The first-order valence-corrected chi connectivity index (χ1v) is 7.64. The van der Waals surface area contributed by atoms with Crippen LogP contribution in [0.4, 0.5) is 5.69 Å². The molecular formula is C18H16N4O3. The minimum Gasteiger partial charge on any atom is -0.355 e. The van der Waals surface area contributed by atoms with Crippen molar-refractivity contribution in [2.75, 3.05) is 12.4 Å². The number of nitrogens with one attached hydrogen (secondary N) is 2. The predicted octanol–water partition coefficient (Wildman–Crippen LogP) is 1.39. The zero-order valence-electron chi connectivity index (χ0n) is 13.5. The van der Waals surface area contributed by atoms with Gasteiger partial charge in [-0.15, -0.1) is 0 Å². The molecule has 1 aromatic heterocycles. The Hall–Kier alpha value is -3.48. The molecule has 126 valence electrons. The summed E-state index contributed by atoms with van der Waals surface area (Å²) < 4.78 is 1.25. The minimum absolute atomic E-state index is 0.166. The fraction of sp³-hybridized carbons (Fsp3) is 0.111. The van der Waals surface area contributed by atoms with Crippen molar-refractivity contribution in [2.24, 2.45) is 0 Å². The lowest BCUT2D eigenvalue weighted by Crippen LogP contribution is -2.28. The van der Waals surface area contributed by atoms with E-state index in [0.717, 1.165) is 0 Å². The van der Waals surface area contributed by atoms with E-state index in [0.29, 0.717) is 22.2 Å². The van der Waals surface area contributed by atoms with Crippen molar-refractivity contribution in [3.05, 3.63) is 70.8 Å². The third-order valence-electron chi connectivity index (χ3n) is 3.68. The highest BCUT2D eigenvalue weighted by atomic mass is 16.2. The normalized spacial score (nSPS) is 10.4. The number of hydrogen-bond acceptors (Lipinski definition) is 4. The molecule has 2 amide bonds. The van der Waals surface area contributed by atoms with Crippen LogP contribution in [0.5, 0.6) is 0 Å². The van der Waals surface area contributed by atoms with Gasteiger partial charge in [-0.25, -0.2) is 4.98 Å². The molecule has 0 unspecified atom stereocenters. The second-order valence-corrected chi connectivity index (χ2v) is 5.40. The van der Waals surface area contributed by atoms with Gasteiger partial charge >= 0.3 is 0 Å². The molecule has 2 aromatic carbocycles. The number of carbonyl (C=O) groups excluding carboxylic acids is 2. The number of fused-ring (bicyclic) bond motifs is 1. The van der Waals surface area contributed by atoms with Gasteiger partial charge in [0.25, 0.3) is 11.5 Å². The van der Waals surface area contributed by atoms with Crippen molar-refractivity contribution < 1.29 is 9.59 Å². The Morgan fingerprint density at radius 1 is 1.12 bits per heavy atom. The second-order valence-electron chi connectivity index (χ2n) is 5.40. The Balaban J connectivity index is 1.78. The van der Waals surface area contributed by atoms with E-state index in [2.05, 4.69) is 15.6 Å². The summed E-state index contributed by atoms with van der Waals surface area (Å²) in [6.45, 7) is -0.166. The number of carbonyl (C=O) groups is 2. The van der Waals surface area contributed by atoms with Gasteiger partial charge in [0.1, 0.15) is 6.54 Å². The minimum atomic E-state index is -0.381. The van der Waals surface area contributed by atoms with Crippen molar-refractivity contribution in [3.8, 4) is 0 Å². The van der Waals surface area contributed by atoms with Gasteiger partial charge in [0.15, 0.2) is 0 Å². The number of aromatic nitrogens is 2. The smallest absolute Gasteiger partial charge is 0.261 e. The first-order chi connectivity index (χ1) is 12.1. The van der Waals surface area contributed by atoms with Crippen LogP contribution in [-0.4, -0.2) is 28.4 Å². The van der Waals surface area contributed by atoms with Gasteiger partial charge in [0.2, 0.25) is 5.91 Å². The molecule has 7 heteroatoms. The molecule has 3 aromatic rings. The first-order valence-electron chi connectivity index (χ1n) is 7.64. The van der Waals surface area contributed by atoms with E-state index in [9.17, 15) is 14.4 Å². The van der Waals surface area contributed by atoms with Crippen molar-refractivity contribution in [2.45, 2.75) is 6.54 Å². The van der Waals surface area contributed by atoms with Crippen LogP contribution in [0.25, 0.3) is 10.9 Å². The molecule has 7 nitrogen and oxygen atoms in total. The zero-order chi connectivity index (χ0) is 17.8. The quantitative estimate of drug-likeness (QED) is 0.753. The maximum absolute atomic E-state index is 12.4. The number of benzene rings is 2. The third-order valence-corrected chi connectivity index (χ3v) is 3.68.